The summed E-state index contributed by atoms with van der Waals surface area (Å²) in [6.45, 7) is 2.60. The van der Waals surface area contributed by atoms with E-state index in [-0.39, 0.29) is 17.5 Å². The van der Waals surface area contributed by atoms with Gasteiger partial charge in [0.05, 0.1) is 19.3 Å². The van der Waals surface area contributed by atoms with Crippen molar-refractivity contribution in [1.29, 1.82) is 0 Å². The van der Waals surface area contributed by atoms with Crippen LogP contribution in [0.1, 0.15) is 27.5 Å². The summed E-state index contributed by atoms with van der Waals surface area (Å²) < 4.78 is 7.07. The lowest BCUT2D eigenvalue weighted by Gasteiger charge is -2.21. The van der Waals surface area contributed by atoms with Gasteiger partial charge in [-0.2, -0.15) is 0 Å². The van der Waals surface area contributed by atoms with Crippen molar-refractivity contribution in [2.24, 2.45) is 5.92 Å². The van der Waals surface area contributed by atoms with Gasteiger partial charge < -0.3 is 14.4 Å². The summed E-state index contributed by atoms with van der Waals surface area (Å²) in [5.74, 6) is -1.06. The number of ether oxygens (including phenoxy) is 1. The van der Waals surface area contributed by atoms with E-state index in [0.29, 0.717) is 18.8 Å². The fourth-order valence-electron chi connectivity index (χ4n) is 3.07. The fraction of sp³-hybridized carbons (Fsp3) is 0.353. The van der Waals surface area contributed by atoms with Crippen LogP contribution in [0.3, 0.4) is 0 Å². The molecule has 1 saturated heterocycles. The van der Waals surface area contributed by atoms with Crippen molar-refractivity contribution < 1.29 is 14.6 Å². The van der Waals surface area contributed by atoms with E-state index in [1.165, 1.54) is 4.57 Å². The van der Waals surface area contributed by atoms with E-state index in [2.05, 4.69) is 4.98 Å². The van der Waals surface area contributed by atoms with Crippen molar-refractivity contribution in [3.05, 3.63) is 63.8 Å². The molecule has 3 rings (SSSR count). The minimum Gasteiger partial charge on any atom is -0.477 e. The van der Waals surface area contributed by atoms with E-state index < -0.39 is 11.5 Å². The molecule has 6 nitrogen and oxygen atoms in total. The highest BCUT2D eigenvalue weighted by atomic mass is 16.5. The van der Waals surface area contributed by atoms with E-state index in [9.17, 15) is 14.7 Å². The molecule has 0 spiro atoms. The standard InChI is InChI=1S/C17H18N2O4/c1-11-4-7-19(16(20)15(11)17(21)22)14-10-23-9-13(14)8-12-2-5-18-6-3-12/h2-7,13-14H,8-10H2,1H3,(H,21,22)/t13-,14+/m1/s1. The van der Waals surface area contributed by atoms with Gasteiger partial charge in [-0.25, -0.2) is 4.79 Å². The normalized spacial score (nSPS) is 20.6. The Morgan fingerprint density at radius 3 is 2.78 bits per heavy atom. The Bertz CT molecular complexity index is 770. The van der Waals surface area contributed by atoms with Crippen molar-refractivity contribution >= 4 is 5.97 Å². The number of hydrogen-bond acceptors (Lipinski definition) is 4. The Hall–Kier alpha value is -2.47. The lowest BCUT2D eigenvalue weighted by molar-refractivity contribution is 0.0693. The second-order valence-corrected chi connectivity index (χ2v) is 5.82. The van der Waals surface area contributed by atoms with E-state index in [1.807, 2.05) is 12.1 Å². The van der Waals surface area contributed by atoms with Gasteiger partial charge in [-0.3, -0.25) is 9.78 Å². The third-order valence-electron chi connectivity index (χ3n) is 4.31. The highest BCUT2D eigenvalue weighted by molar-refractivity contribution is 5.88. The summed E-state index contributed by atoms with van der Waals surface area (Å²) >= 11 is 0. The van der Waals surface area contributed by atoms with Gasteiger partial charge in [0, 0.05) is 24.5 Å². The number of rotatable bonds is 4. The van der Waals surface area contributed by atoms with Gasteiger partial charge in [-0.05, 0) is 42.7 Å². The van der Waals surface area contributed by atoms with Gasteiger partial charge in [0.2, 0.25) is 0 Å². The number of aromatic carboxylic acids is 1. The zero-order chi connectivity index (χ0) is 16.4. The summed E-state index contributed by atoms with van der Waals surface area (Å²) in [5.41, 5.74) is 0.970. The first kappa shape index (κ1) is 15.4. The van der Waals surface area contributed by atoms with E-state index in [1.54, 1.807) is 31.6 Å². The molecule has 1 N–H and O–H groups in total. The molecular formula is C17H18N2O4. The molecule has 1 fully saturated rings. The number of nitrogens with zero attached hydrogens (tertiary/aromatic N) is 2. The zero-order valence-corrected chi connectivity index (χ0v) is 12.8. The number of pyridine rings is 2. The third kappa shape index (κ3) is 3.03. The molecule has 1 aliphatic heterocycles. The summed E-state index contributed by atoms with van der Waals surface area (Å²) in [7, 11) is 0. The maximum atomic E-state index is 12.5. The monoisotopic (exact) mass is 314 g/mol. The molecular weight excluding hydrogens is 296 g/mol. The van der Waals surface area contributed by atoms with Crippen molar-refractivity contribution in [2.75, 3.05) is 13.2 Å². The molecule has 0 saturated carbocycles. The third-order valence-corrected chi connectivity index (χ3v) is 4.31. The number of carboxylic acid groups (broad SMARTS) is 1. The second-order valence-electron chi connectivity index (χ2n) is 5.82. The predicted octanol–water partition coefficient (Wildman–Crippen LogP) is 1.68. The van der Waals surface area contributed by atoms with Crippen LogP contribution in [-0.2, 0) is 11.2 Å². The van der Waals surface area contributed by atoms with Crippen molar-refractivity contribution in [2.45, 2.75) is 19.4 Å². The van der Waals surface area contributed by atoms with E-state index >= 15 is 0 Å². The van der Waals surface area contributed by atoms with Crippen LogP contribution < -0.4 is 5.56 Å². The van der Waals surface area contributed by atoms with Crippen LogP contribution in [0.25, 0.3) is 0 Å². The quantitative estimate of drug-likeness (QED) is 0.928. The van der Waals surface area contributed by atoms with E-state index in [0.717, 1.165) is 12.0 Å². The molecule has 2 aromatic heterocycles. The molecule has 1 aliphatic rings. The fourth-order valence-corrected chi connectivity index (χ4v) is 3.07. The molecule has 6 heteroatoms. The molecule has 2 aromatic rings. The Morgan fingerprint density at radius 2 is 2.09 bits per heavy atom. The molecule has 3 heterocycles. The molecule has 0 radical (unpaired) electrons. The van der Waals surface area contributed by atoms with Crippen LogP contribution in [0.2, 0.25) is 0 Å². The first-order chi connectivity index (χ1) is 11.1. The van der Waals surface area contributed by atoms with Gasteiger partial charge in [-0.1, -0.05) is 0 Å². The Labute approximate surface area is 133 Å². The molecule has 0 aliphatic carbocycles. The SMILES string of the molecule is Cc1ccn([C@H]2COC[C@H]2Cc2ccncc2)c(=O)c1C(=O)O. The highest BCUT2D eigenvalue weighted by Crippen LogP contribution is 2.28. The summed E-state index contributed by atoms with van der Waals surface area (Å²) in [4.78, 5) is 27.9. The predicted molar refractivity (Wildman–Crippen MR) is 83.7 cm³/mol. The van der Waals surface area contributed by atoms with Crippen molar-refractivity contribution in [3.8, 4) is 0 Å². The second kappa shape index (κ2) is 6.34. The molecule has 0 aromatic carbocycles. The highest BCUT2D eigenvalue weighted by Gasteiger charge is 2.31. The minimum atomic E-state index is -1.19. The first-order valence-corrected chi connectivity index (χ1v) is 7.49. The molecule has 0 bridgehead atoms. The maximum absolute atomic E-state index is 12.5. The lowest BCUT2D eigenvalue weighted by atomic mass is 9.95. The van der Waals surface area contributed by atoms with Gasteiger partial charge in [0.25, 0.3) is 5.56 Å². The Morgan fingerprint density at radius 1 is 1.35 bits per heavy atom. The molecule has 120 valence electrons. The first-order valence-electron chi connectivity index (χ1n) is 7.49. The lowest BCUT2D eigenvalue weighted by Crippen LogP contribution is -2.33. The summed E-state index contributed by atoms with van der Waals surface area (Å²) in [5, 5.41) is 9.26. The summed E-state index contributed by atoms with van der Waals surface area (Å²) in [6.07, 6.45) is 5.90. The number of aromatic nitrogens is 2. The van der Waals surface area contributed by atoms with Crippen LogP contribution in [0.15, 0.2) is 41.6 Å². The van der Waals surface area contributed by atoms with Crippen LogP contribution in [0.5, 0.6) is 0 Å². The van der Waals surface area contributed by atoms with Crippen molar-refractivity contribution in [1.82, 2.24) is 9.55 Å². The maximum Gasteiger partial charge on any atom is 0.341 e. The number of hydrogen-bond donors (Lipinski definition) is 1. The van der Waals surface area contributed by atoms with Gasteiger partial charge in [-0.15, -0.1) is 0 Å². The Kier molecular flexibility index (Phi) is 4.25. The molecule has 0 unspecified atom stereocenters. The van der Waals surface area contributed by atoms with Crippen LogP contribution >= 0.6 is 0 Å². The minimum absolute atomic E-state index is 0.124. The zero-order valence-electron chi connectivity index (χ0n) is 12.8. The average Bonchev–Trinajstić information content (AvgIpc) is 2.96. The van der Waals surface area contributed by atoms with Gasteiger partial charge >= 0.3 is 5.97 Å². The average molecular weight is 314 g/mol. The van der Waals surface area contributed by atoms with Crippen LogP contribution in [0, 0.1) is 12.8 Å². The van der Waals surface area contributed by atoms with Gasteiger partial charge in [0.15, 0.2) is 0 Å². The smallest absolute Gasteiger partial charge is 0.341 e. The number of aryl methyl sites for hydroxylation is 1. The Balaban J connectivity index is 1.93. The van der Waals surface area contributed by atoms with Gasteiger partial charge in [0.1, 0.15) is 5.56 Å². The van der Waals surface area contributed by atoms with Crippen molar-refractivity contribution in [3.63, 3.8) is 0 Å². The van der Waals surface area contributed by atoms with E-state index in [4.69, 9.17) is 4.74 Å². The van der Waals surface area contributed by atoms with Crippen LogP contribution in [-0.4, -0.2) is 33.8 Å². The largest absolute Gasteiger partial charge is 0.477 e. The molecule has 2 atom stereocenters. The van der Waals surface area contributed by atoms with Crippen LogP contribution in [0.4, 0.5) is 0 Å². The number of carboxylic acids is 1. The topological polar surface area (TPSA) is 81.4 Å². The summed E-state index contributed by atoms with van der Waals surface area (Å²) in [6, 6.07) is 5.40. The molecule has 0 amide bonds. The number of carbonyl (C=O) groups is 1. The molecule has 23 heavy (non-hydrogen) atoms.